The molecule has 0 aromatic carbocycles. The summed E-state index contributed by atoms with van der Waals surface area (Å²) in [7, 11) is -4.91. The van der Waals surface area contributed by atoms with Crippen LogP contribution in [0.4, 0.5) is 0 Å². The molecule has 1 heterocycles. The maximum absolute atomic E-state index is 12.4. The number of thiophene rings is 1. The Hall–Kier alpha value is 0.117. The molecule has 0 aliphatic rings. The number of hydrogen-bond acceptors (Lipinski definition) is 3. The van der Waals surface area contributed by atoms with E-state index < -0.39 is 18.2 Å². The minimum Gasteiger partial charge on any atom is -0.249 e. The highest BCUT2D eigenvalue weighted by Gasteiger charge is 2.38. The van der Waals surface area contributed by atoms with Gasteiger partial charge < -0.3 is 0 Å². The van der Waals surface area contributed by atoms with Crippen molar-refractivity contribution in [3.05, 3.63) is 15.8 Å². The normalized spacial score (nSPS) is 16.8. The number of nitrogens with one attached hydrogen (secondary N) is 2. The fourth-order valence-electron chi connectivity index (χ4n) is 1.02. The van der Waals surface area contributed by atoms with Crippen molar-refractivity contribution in [2.45, 2.75) is 43.8 Å². The van der Waals surface area contributed by atoms with E-state index in [9.17, 15) is 4.21 Å². The Kier molecular flexibility index (Phi) is 4.16. The van der Waals surface area contributed by atoms with Gasteiger partial charge in [0.1, 0.15) is 18.2 Å². The molecule has 98 valence electrons. The predicted molar refractivity (Wildman–Crippen MR) is 78.8 cm³/mol. The molecule has 0 radical (unpaired) electrons. The second kappa shape index (κ2) is 4.66. The molecule has 0 spiro atoms. The molecule has 0 fully saturated rings. The highest BCUT2D eigenvalue weighted by atomic mass is 35.5. The van der Waals surface area contributed by atoms with Crippen molar-refractivity contribution in [1.29, 1.82) is 4.78 Å². The summed E-state index contributed by atoms with van der Waals surface area (Å²) in [6.07, 6.45) is 0. The Morgan fingerprint density at radius 2 is 2.00 bits per heavy atom. The lowest BCUT2D eigenvalue weighted by molar-refractivity contribution is 0.665. The van der Waals surface area contributed by atoms with Crippen molar-refractivity contribution in [2.24, 2.45) is 0 Å². The van der Waals surface area contributed by atoms with Gasteiger partial charge in [-0.1, -0.05) is 45.5 Å². The average Bonchev–Trinajstić information content (AvgIpc) is 2.48. The first kappa shape index (κ1) is 15.2. The molecule has 0 aliphatic carbocycles. The number of halogens is 1. The van der Waals surface area contributed by atoms with E-state index >= 15 is 0 Å². The molecular weight excluding hydrogens is 292 g/mol. The van der Waals surface area contributed by atoms with Gasteiger partial charge in [-0.05, 0) is 11.1 Å². The molecule has 0 saturated heterocycles. The summed E-state index contributed by atoms with van der Waals surface area (Å²) in [6, 6.07) is 1.61. The summed E-state index contributed by atoms with van der Waals surface area (Å²) in [5, 5.41) is 1.73. The van der Waals surface area contributed by atoms with E-state index in [1.54, 1.807) is 11.4 Å². The Bertz CT molecular complexity index is 503. The van der Waals surface area contributed by atoms with Crippen LogP contribution in [0.15, 0.2) is 16.3 Å². The molecule has 17 heavy (non-hydrogen) atoms. The molecule has 1 atom stereocenters. The van der Waals surface area contributed by atoms with Crippen LogP contribution in [0, 0.1) is 4.78 Å². The smallest absolute Gasteiger partial charge is 0.140 e. The first-order chi connectivity index (χ1) is 7.46. The highest BCUT2D eigenvalue weighted by Crippen LogP contribution is 2.35. The van der Waals surface area contributed by atoms with E-state index in [1.165, 1.54) is 11.3 Å². The minimum absolute atomic E-state index is 0.0382. The Morgan fingerprint density at radius 1 is 1.47 bits per heavy atom. The quantitative estimate of drug-likeness (QED) is 0.803. The Balaban J connectivity index is 3.03. The van der Waals surface area contributed by atoms with Crippen LogP contribution in [0.25, 0.3) is 0 Å². The largest absolute Gasteiger partial charge is 0.249 e. The lowest BCUT2D eigenvalue weighted by Crippen LogP contribution is -2.54. The Morgan fingerprint density at radius 3 is 2.35 bits per heavy atom. The van der Waals surface area contributed by atoms with Crippen LogP contribution in [0.2, 0.25) is 22.5 Å². The first-order valence-corrected chi connectivity index (χ1v) is 11.1. The van der Waals surface area contributed by atoms with E-state index in [1.807, 2.05) is 0 Å². The Labute approximate surface area is 114 Å². The highest BCUT2D eigenvalue weighted by molar-refractivity contribution is 7.92. The molecule has 0 aliphatic heterocycles. The maximum Gasteiger partial charge on any atom is 0.140 e. The van der Waals surface area contributed by atoms with Crippen LogP contribution in [-0.2, 0) is 9.92 Å². The van der Waals surface area contributed by atoms with E-state index in [-0.39, 0.29) is 5.04 Å². The second-order valence-electron chi connectivity index (χ2n) is 5.62. The van der Waals surface area contributed by atoms with Gasteiger partial charge in [-0.15, -0.1) is 11.3 Å². The van der Waals surface area contributed by atoms with Crippen molar-refractivity contribution in [3.63, 3.8) is 0 Å². The SMILES string of the molecule is CC(C)(C)[Si](C)(C)NS(=N)(=O)c1csc(Cl)c1. The summed E-state index contributed by atoms with van der Waals surface area (Å²) in [5.74, 6) is 0. The van der Waals surface area contributed by atoms with E-state index in [4.69, 9.17) is 16.4 Å². The minimum atomic E-state index is -2.94. The van der Waals surface area contributed by atoms with Gasteiger partial charge in [0, 0.05) is 5.38 Å². The zero-order chi connectivity index (χ0) is 13.5. The van der Waals surface area contributed by atoms with Crippen LogP contribution >= 0.6 is 22.9 Å². The third-order valence-electron chi connectivity index (χ3n) is 3.15. The number of hydrogen-bond donors (Lipinski definition) is 2. The molecule has 1 aromatic heterocycles. The molecule has 1 unspecified atom stereocenters. The molecule has 1 rings (SSSR count). The van der Waals surface area contributed by atoms with Crippen LogP contribution < -0.4 is 4.39 Å². The van der Waals surface area contributed by atoms with E-state index in [2.05, 4.69) is 38.3 Å². The van der Waals surface area contributed by atoms with Crippen LogP contribution in [0.3, 0.4) is 0 Å². The molecule has 0 amide bonds. The third kappa shape index (κ3) is 3.54. The maximum atomic E-state index is 12.4. The molecule has 7 heteroatoms. The predicted octanol–water partition coefficient (Wildman–Crippen LogP) is 4.32. The molecular formula is C10H19ClN2OS2Si. The van der Waals surface area contributed by atoms with Crippen molar-refractivity contribution in [3.8, 4) is 0 Å². The van der Waals surface area contributed by atoms with Gasteiger partial charge in [-0.3, -0.25) is 0 Å². The molecule has 0 bridgehead atoms. The standard InChI is InChI=1S/C10H19ClN2OS2Si/c1-10(2,3)17(4,5)13-16(12,14)8-6-9(11)15-7-8/h6-7H,1-5H3,(H2,12,13,14). The van der Waals surface area contributed by atoms with Crippen molar-refractivity contribution in [2.75, 3.05) is 0 Å². The van der Waals surface area contributed by atoms with Gasteiger partial charge in [-0.2, -0.15) is 0 Å². The fourth-order valence-corrected chi connectivity index (χ4v) is 7.44. The fraction of sp³-hybridized carbons (Fsp3) is 0.600. The molecule has 0 saturated carbocycles. The van der Waals surface area contributed by atoms with Gasteiger partial charge >= 0.3 is 0 Å². The monoisotopic (exact) mass is 310 g/mol. The first-order valence-electron chi connectivity index (χ1n) is 5.27. The summed E-state index contributed by atoms with van der Waals surface area (Å²) in [5.41, 5.74) is 0. The van der Waals surface area contributed by atoms with Gasteiger partial charge in [0.15, 0.2) is 0 Å². The average molecular weight is 311 g/mol. The van der Waals surface area contributed by atoms with Gasteiger partial charge in [0.05, 0.1) is 9.23 Å². The topological polar surface area (TPSA) is 53.0 Å². The zero-order valence-electron chi connectivity index (χ0n) is 10.8. The van der Waals surface area contributed by atoms with Gasteiger partial charge in [-0.25, -0.2) is 13.4 Å². The van der Waals surface area contributed by atoms with Gasteiger partial charge in [0.25, 0.3) is 0 Å². The second-order valence-corrected chi connectivity index (χ2v) is 14.3. The lowest BCUT2D eigenvalue weighted by Gasteiger charge is -2.37. The van der Waals surface area contributed by atoms with Crippen LogP contribution in [0.5, 0.6) is 0 Å². The molecule has 2 N–H and O–H groups in total. The summed E-state index contributed by atoms with van der Waals surface area (Å²) >= 11 is 7.13. The van der Waals surface area contributed by atoms with Crippen molar-refractivity contribution in [1.82, 2.24) is 4.39 Å². The van der Waals surface area contributed by atoms with Crippen LogP contribution in [-0.4, -0.2) is 12.4 Å². The molecule has 1 aromatic rings. The van der Waals surface area contributed by atoms with Crippen molar-refractivity contribution < 1.29 is 4.21 Å². The van der Waals surface area contributed by atoms with Gasteiger partial charge in [0.2, 0.25) is 0 Å². The van der Waals surface area contributed by atoms with E-state index in [0.717, 1.165) is 0 Å². The lowest BCUT2D eigenvalue weighted by atomic mass is 10.2. The number of rotatable bonds is 3. The van der Waals surface area contributed by atoms with Crippen molar-refractivity contribution >= 4 is 41.1 Å². The summed E-state index contributed by atoms with van der Waals surface area (Å²) < 4.78 is 24.1. The molecule has 3 nitrogen and oxygen atoms in total. The summed E-state index contributed by atoms with van der Waals surface area (Å²) in [4.78, 5) is 0.484. The zero-order valence-corrected chi connectivity index (χ0v) is 14.1. The third-order valence-corrected chi connectivity index (χ3v) is 12.2. The summed E-state index contributed by atoms with van der Waals surface area (Å²) in [6.45, 7) is 10.5. The van der Waals surface area contributed by atoms with E-state index in [0.29, 0.717) is 9.23 Å². The van der Waals surface area contributed by atoms with Crippen LogP contribution in [0.1, 0.15) is 20.8 Å².